The van der Waals surface area contributed by atoms with Crippen LogP contribution in [0.4, 0.5) is 0 Å². The van der Waals surface area contributed by atoms with E-state index in [1.54, 1.807) is 0 Å². The van der Waals surface area contributed by atoms with Crippen molar-refractivity contribution in [3.8, 4) is 0 Å². The summed E-state index contributed by atoms with van der Waals surface area (Å²) in [6.45, 7) is 12.8. The molecule has 0 aromatic rings. The molecule has 0 N–H and O–H groups in total. The molecule has 0 aliphatic heterocycles. The Kier molecular flexibility index (Phi) is 4.85. The van der Waals surface area contributed by atoms with Crippen LogP contribution in [-0.4, -0.2) is 12.2 Å². The second kappa shape index (κ2) is 5.69. The standard InChI is InChI=1S/C14H26O/c1-6-12(5)15-14-9-11(4)7-8-13(14)10(2)3/h6,10-14H,1,7-9H2,2-5H3. The molecule has 0 spiro atoms. The minimum Gasteiger partial charge on any atom is -0.371 e. The summed E-state index contributed by atoms with van der Waals surface area (Å²) in [7, 11) is 0. The molecule has 0 radical (unpaired) electrons. The van der Waals surface area contributed by atoms with Crippen LogP contribution < -0.4 is 0 Å². The van der Waals surface area contributed by atoms with E-state index in [1.807, 2.05) is 6.08 Å². The Hall–Kier alpha value is -0.300. The summed E-state index contributed by atoms with van der Waals surface area (Å²) >= 11 is 0. The van der Waals surface area contributed by atoms with E-state index in [-0.39, 0.29) is 6.10 Å². The van der Waals surface area contributed by atoms with Crippen molar-refractivity contribution in [1.29, 1.82) is 0 Å². The zero-order valence-electron chi connectivity index (χ0n) is 10.7. The molecule has 0 aromatic heterocycles. The Morgan fingerprint density at radius 2 is 1.93 bits per heavy atom. The molecule has 0 saturated heterocycles. The fraction of sp³-hybridized carbons (Fsp3) is 0.857. The molecular weight excluding hydrogens is 184 g/mol. The Bertz CT molecular complexity index is 198. The van der Waals surface area contributed by atoms with E-state index >= 15 is 0 Å². The minimum atomic E-state index is 0.196. The lowest BCUT2D eigenvalue weighted by atomic mass is 9.75. The van der Waals surface area contributed by atoms with Crippen molar-refractivity contribution in [3.05, 3.63) is 12.7 Å². The van der Waals surface area contributed by atoms with Gasteiger partial charge in [-0.1, -0.05) is 33.3 Å². The summed E-state index contributed by atoms with van der Waals surface area (Å²) < 4.78 is 6.07. The molecule has 1 aliphatic rings. The molecule has 0 amide bonds. The van der Waals surface area contributed by atoms with E-state index < -0.39 is 0 Å². The van der Waals surface area contributed by atoms with Gasteiger partial charge in [0.15, 0.2) is 0 Å². The Morgan fingerprint density at radius 3 is 2.47 bits per heavy atom. The Balaban J connectivity index is 2.57. The van der Waals surface area contributed by atoms with Gasteiger partial charge in [-0.05, 0) is 37.5 Å². The highest BCUT2D eigenvalue weighted by Crippen LogP contribution is 2.35. The van der Waals surface area contributed by atoms with E-state index in [0.29, 0.717) is 6.10 Å². The van der Waals surface area contributed by atoms with Crippen molar-refractivity contribution in [3.63, 3.8) is 0 Å². The molecule has 15 heavy (non-hydrogen) atoms. The van der Waals surface area contributed by atoms with Crippen LogP contribution in [0.15, 0.2) is 12.7 Å². The largest absolute Gasteiger partial charge is 0.371 e. The Morgan fingerprint density at radius 1 is 1.27 bits per heavy atom. The molecule has 1 fully saturated rings. The van der Waals surface area contributed by atoms with Crippen LogP contribution >= 0.6 is 0 Å². The molecule has 1 rings (SSSR count). The first kappa shape index (κ1) is 12.8. The van der Waals surface area contributed by atoms with Crippen LogP contribution in [0.5, 0.6) is 0 Å². The minimum absolute atomic E-state index is 0.196. The van der Waals surface area contributed by atoms with Gasteiger partial charge in [-0.2, -0.15) is 0 Å². The second-order valence-corrected chi connectivity index (χ2v) is 5.44. The summed E-state index contributed by atoms with van der Waals surface area (Å²) in [5.41, 5.74) is 0. The third-order valence-corrected chi connectivity index (χ3v) is 3.68. The fourth-order valence-electron chi connectivity index (χ4n) is 2.60. The topological polar surface area (TPSA) is 9.23 Å². The first-order chi connectivity index (χ1) is 7.04. The van der Waals surface area contributed by atoms with Crippen molar-refractivity contribution >= 4 is 0 Å². The second-order valence-electron chi connectivity index (χ2n) is 5.44. The highest BCUT2D eigenvalue weighted by Gasteiger charge is 2.31. The Labute approximate surface area is 94.9 Å². The summed E-state index contributed by atoms with van der Waals surface area (Å²) in [5, 5.41) is 0. The molecule has 0 heterocycles. The maximum atomic E-state index is 6.07. The van der Waals surface area contributed by atoms with Gasteiger partial charge in [0, 0.05) is 0 Å². The van der Waals surface area contributed by atoms with Crippen LogP contribution in [0.25, 0.3) is 0 Å². The summed E-state index contributed by atoms with van der Waals surface area (Å²) in [6.07, 6.45) is 6.46. The van der Waals surface area contributed by atoms with E-state index in [0.717, 1.165) is 17.8 Å². The van der Waals surface area contributed by atoms with Gasteiger partial charge in [0.05, 0.1) is 12.2 Å². The fourth-order valence-corrected chi connectivity index (χ4v) is 2.60. The molecule has 1 nitrogen and oxygen atoms in total. The van der Waals surface area contributed by atoms with Crippen molar-refractivity contribution in [2.75, 3.05) is 0 Å². The van der Waals surface area contributed by atoms with Gasteiger partial charge in [0.1, 0.15) is 0 Å². The lowest BCUT2D eigenvalue weighted by Crippen LogP contribution is -2.36. The number of rotatable bonds is 4. The predicted molar refractivity (Wildman–Crippen MR) is 65.9 cm³/mol. The molecule has 4 unspecified atom stereocenters. The van der Waals surface area contributed by atoms with Crippen molar-refractivity contribution in [2.45, 2.75) is 59.2 Å². The molecule has 88 valence electrons. The highest BCUT2D eigenvalue weighted by atomic mass is 16.5. The maximum Gasteiger partial charge on any atom is 0.0728 e. The number of hydrogen-bond acceptors (Lipinski definition) is 1. The number of ether oxygens (including phenoxy) is 1. The zero-order valence-corrected chi connectivity index (χ0v) is 10.7. The molecular formula is C14H26O. The summed E-state index contributed by atoms with van der Waals surface area (Å²) in [6, 6.07) is 0. The van der Waals surface area contributed by atoms with E-state index in [9.17, 15) is 0 Å². The quantitative estimate of drug-likeness (QED) is 0.636. The van der Waals surface area contributed by atoms with Gasteiger partial charge in [0.25, 0.3) is 0 Å². The third-order valence-electron chi connectivity index (χ3n) is 3.68. The van der Waals surface area contributed by atoms with Crippen molar-refractivity contribution < 1.29 is 4.74 Å². The molecule has 1 aliphatic carbocycles. The zero-order chi connectivity index (χ0) is 11.4. The van der Waals surface area contributed by atoms with E-state index in [1.165, 1.54) is 19.3 Å². The molecule has 0 bridgehead atoms. The lowest BCUT2D eigenvalue weighted by Gasteiger charge is -2.38. The van der Waals surface area contributed by atoms with E-state index in [4.69, 9.17) is 4.74 Å². The van der Waals surface area contributed by atoms with Gasteiger partial charge in [-0.15, -0.1) is 6.58 Å². The molecule has 1 saturated carbocycles. The van der Waals surface area contributed by atoms with E-state index in [2.05, 4.69) is 34.3 Å². The predicted octanol–water partition coefficient (Wildman–Crippen LogP) is 4.04. The maximum absolute atomic E-state index is 6.07. The van der Waals surface area contributed by atoms with Crippen LogP contribution in [0.3, 0.4) is 0 Å². The molecule has 1 heteroatoms. The third kappa shape index (κ3) is 3.64. The van der Waals surface area contributed by atoms with Gasteiger partial charge in [0.2, 0.25) is 0 Å². The van der Waals surface area contributed by atoms with Gasteiger partial charge in [-0.3, -0.25) is 0 Å². The van der Waals surface area contributed by atoms with Crippen LogP contribution in [0.1, 0.15) is 47.0 Å². The highest BCUT2D eigenvalue weighted by molar-refractivity contribution is 4.84. The normalized spacial score (nSPS) is 34.1. The average Bonchev–Trinajstić information content (AvgIpc) is 2.17. The molecule has 0 aromatic carbocycles. The summed E-state index contributed by atoms with van der Waals surface area (Å²) in [4.78, 5) is 0. The number of hydrogen-bond donors (Lipinski definition) is 0. The SMILES string of the molecule is C=CC(C)OC1CC(C)CCC1C(C)C. The summed E-state index contributed by atoms with van der Waals surface area (Å²) in [5.74, 6) is 2.30. The lowest BCUT2D eigenvalue weighted by molar-refractivity contribution is -0.0577. The van der Waals surface area contributed by atoms with Crippen molar-refractivity contribution in [2.24, 2.45) is 17.8 Å². The van der Waals surface area contributed by atoms with Gasteiger partial charge in [-0.25, -0.2) is 0 Å². The smallest absolute Gasteiger partial charge is 0.0728 e. The van der Waals surface area contributed by atoms with Crippen molar-refractivity contribution in [1.82, 2.24) is 0 Å². The van der Waals surface area contributed by atoms with Crippen LogP contribution in [-0.2, 0) is 4.74 Å². The van der Waals surface area contributed by atoms with Gasteiger partial charge < -0.3 is 4.74 Å². The molecule has 4 atom stereocenters. The first-order valence-corrected chi connectivity index (χ1v) is 6.32. The van der Waals surface area contributed by atoms with Crippen LogP contribution in [0.2, 0.25) is 0 Å². The van der Waals surface area contributed by atoms with Gasteiger partial charge >= 0.3 is 0 Å². The average molecular weight is 210 g/mol. The monoisotopic (exact) mass is 210 g/mol. The first-order valence-electron chi connectivity index (χ1n) is 6.32. The van der Waals surface area contributed by atoms with Crippen LogP contribution in [0, 0.1) is 17.8 Å².